The first-order chi connectivity index (χ1) is 9.36. The molecule has 0 saturated heterocycles. The number of nitrogens with zero attached hydrogens (tertiary/aromatic N) is 1. The molecule has 3 aromatic rings. The summed E-state index contributed by atoms with van der Waals surface area (Å²) in [5.41, 5.74) is 0. The summed E-state index contributed by atoms with van der Waals surface area (Å²) in [6.07, 6.45) is 4.00. The van der Waals surface area contributed by atoms with Crippen LogP contribution in [0.25, 0.3) is 33.8 Å². The van der Waals surface area contributed by atoms with Crippen LogP contribution in [0.3, 0.4) is 0 Å². The summed E-state index contributed by atoms with van der Waals surface area (Å²) in [4.78, 5) is 3.98. The van der Waals surface area contributed by atoms with Gasteiger partial charge in [0.2, 0.25) is 0 Å². The largest absolute Gasteiger partial charge is 0.272 e. The number of fused-ring (bicyclic) bond motifs is 3. The minimum absolute atomic E-state index is 1.15. The van der Waals surface area contributed by atoms with E-state index in [9.17, 15) is 0 Å². The molecule has 19 heavy (non-hydrogen) atoms. The molecule has 0 N–H and O–H groups in total. The average molecular weight is 245 g/mol. The smallest absolute Gasteiger partial charge is 0.0345 e. The van der Waals surface area contributed by atoms with Gasteiger partial charge >= 0.3 is 0 Å². The highest BCUT2D eigenvalue weighted by Crippen LogP contribution is 2.19. The zero-order valence-electron chi connectivity index (χ0n) is 10.9. The molecule has 0 atom stereocenters. The lowest BCUT2D eigenvalue weighted by atomic mass is 9.98. The van der Waals surface area contributed by atoms with Gasteiger partial charge < -0.3 is 0 Å². The van der Waals surface area contributed by atoms with Gasteiger partial charge in [0.25, 0.3) is 0 Å². The van der Waals surface area contributed by atoms with Gasteiger partial charge in [-0.25, -0.2) is 0 Å². The lowest BCUT2D eigenvalue weighted by molar-refractivity contribution is 1.58. The Bertz CT molecular complexity index is 889. The van der Waals surface area contributed by atoms with Crippen LogP contribution in [0, 0.1) is 0 Å². The summed E-state index contributed by atoms with van der Waals surface area (Å²) in [5.74, 6) is 0. The molecule has 0 bridgehead atoms. The summed E-state index contributed by atoms with van der Waals surface area (Å²) in [7, 11) is 0. The van der Waals surface area contributed by atoms with E-state index in [0.717, 1.165) is 5.22 Å². The van der Waals surface area contributed by atoms with Gasteiger partial charge in [0, 0.05) is 11.4 Å². The first-order valence-corrected chi connectivity index (χ1v) is 6.38. The van der Waals surface area contributed by atoms with Crippen molar-refractivity contribution in [3.8, 4) is 0 Å². The zero-order chi connectivity index (χ0) is 13.2. The van der Waals surface area contributed by atoms with Crippen LogP contribution < -0.4 is 10.4 Å². The summed E-state index contributed by atoms with van der Waals surface area (Å²) < 4.78 is 0. The molecular weight excluding hydrogens is 230 g/mol. The summed E-state index contributed by atoms with van der Waals surface area (Å²) >= 11 is 0. The maximum atomic E-state index is 3.98. The van der Waals surface area contributed by atoms with Crippen molar-refractivity contribution >= 4 is 40.5 Å². The third-order valence-electron chi connectivity index (χ3n) is 3.52. The molecule has 0 heterocycles. The van der Waals surface area contributed by atoms with Crippen molar-refractivity contribution in [1.29, 1.82) is 0 Å². The van der Waals surface area contributed by atoms with Gasteiger partial charge in [-0.1, -0.05) is 54.6 Å². The zero-order valence-corrected chi connectivity index (χ0v) is 10.9. The van der Waals surface area contributed by atoms with Crippen LogP contribution in [0.4, 0.5) is 0 Å². The maximum absolute atomic E-state index is 3.98. The third-order valence-corrected chi connectivity index (χ3v) is 3.52. The molecule has 0 fully saturated rings. The predicted octanol–water partition coefficient (Wildman–Crippen LogP) is 3.23. The molecule has 0 aromatic heterocycles. The predicted molar refractivity (Wildman–Crippen MR) is 84.9 cm³/mol. The molecule has 3 aromatic carbocycles. The van der Waals surface area contributed by atoms with Crippen molar-refractivity contribution in [3.05, 3.63) is 59.0 Å². The highest BCUT2D eigenvalue weighted by molar-refractivity contribution is 6.08. The minimum atomic E-state index is 1.15. The second-order valence-corrected chi connectivity index (χ2v) is 4.52. The molecule has 92 valence electrons. The summed E-state index contributed by atoms with van der Waals surface area (Å²) in [5, 5.41) is 7.40. The average Bonchev–Trinajstić information content (AvgIpc) is 2.48. The number of hydrogen-bond acceptors (Lipinski definition) is 1. The quantitative estimate of drug-likeness (QED) is 0.461. The van der Waals surface area contributed by atoms with Crippen molar-refractivity contribution < 1.29 is 0 Å². The first kappa shape index (κ1) is 11.7. The van der Waals surface area contributed by atoms with Crippen molar-refractivity contribution in [1.82, 2.24) is 0 Å². The van der Waals surface area contributed by atoms with Gasteiger partial charge in [0.05, 0.1) is 0 Å². The van der Waals surface area contributed by atoms with Crippen LogP contribution in [0.2, 0.25) is 0 Å². The van der Waals surface area contributed by atoms with Crippen LogP contribution in [0.15, 0.2) is 53.5 Å². The number of hydrogen-bond donors (Lipinski definition) is 0. The Balaban J connectivity index is 2.79. The molecule has 1 heteroatoms. The van der Waals surface area contributed by atoms with Crippen molar-refractivity contribution in [3.63, 3.8) is 0 Å². The standard InChI is InChI=1S/C18H15N/c1-3-13-14-8-4-5-9-15(14)16-10-6-7-11-17(16)18(13)12-19-2/h3-12H,2H2,1H3/b13-3-,18-12+. The van der Waals surface area contributed by atoms with E-state index in [4.69, 9.17) is 0 Å². The van der Waals surface area contributed by atoms with Crippen molar-refractivity contribution in [2.75, 3.05) is 0 Å². The number of aliphatic imine (C=N–C) groups is 1. The monoisotopic (exact) mass is 245 g/mol. The van der Waals surface area contributed by atoms with Gasteiger partial charge in [-0.2, -0.15) is 0 Å². The Morgan fingerprint density at radius 1 is 0.789 bits per heavy atom. The van der Waals surface area contributed by atoms with E-state index in [0.29, 0.717) is 0 Å². The van der Waals surface area contributed by atoms with E-state index < -0.39 is 0 Å². The molecule has 3 rings (SSSR count). The van der Waals surface area contributed by atoms with Crippen LogP contribution in [0.1, 0.15) is 6.92 Å². The van der Waals surface area contributed by atoms with E-state index in [1.165, 1.54) is 26.8 Å². The van der Waals surface area contributed by atoms with E-state index in [1.807, 2.05) is 6.20 Å². The molecular formula is C18H15N. The highest BCUT2D eigenvalue weighted by Gasteiger charge is 2.03. The second kappa shape index (κ2) is 4.69. The SMILES string of the molecule is C=N/C=c1\c(=C/C)c2ccccc2c2ccccc12. The molecule has 0 aliphatic rings. The van der Waals surface area contributed by atoms with Gasteiger partial charge in [-0.15, -0.1) is 0 Å². The molecule has 0 aliphatic carbocycles. The molecule has 0 unspecified atom stereocenters. The molecule has 1 nitrogen and oxygen atoms in total. The topological polar surface area (TPSA) is 12.4 Å². The van der Waals surface area contributed by atoms with Gasteiger partial charge in [0.15, 0.2) is 0 Å². The Morgan fingerprint density at radius 2 is 1.26 bits per heavy atom. The van der Waals surface area contributed by atoms with Gasteiger partial charge in [0.1, 0.15) is 0 Å². The van der Waals surface area contributed by atoms with E-state index >= 15 is 0 Å². The summed E-state index contributed by atoms with van der Waals surface area (Å²) in [6.45, 7) is 5.67. The minimum Gasteiger partial charge on any atom is -0.272 e. The van der Waals surface area contributed by atoms with E-state index in [2.05, 4.69) is 73.2 Å². The fourth-order valence-corrected chi connectivity index (χ4v) is 2.74. The Morgan fingerprint density at radius 3 is 1.74 bits per heavy atom. The fourth-order valence-electron chi connectivity index (χ4n) is 2.74. The molecule has 0 saturated carbocycles. The third kappa shape index (κ3) is 1.75. The Hall–Kier alpha value is -2.41. The van der Waals surface area contributed by atoms with Crippen LogP contribution in [-0.4, -0.2) is 6.72 Å². The van der Waals surface area contributed by atoms with Gasteiger partial charge in [-0.05, 0) is 40.4 Å². The number of rotatable bonds is 1. The summed E-state index contributed by atoms with van der Waals surface area (Å²) in [6, 6.07) is 17.0. The molecule has 0 spiro atoms. The lowest BCUT2D eigenvalue weighted by Crippen LogP contribution is -2.26. The fraction of sp³-hybridized carbons (Fsp3) is 0.0556. The Kier molecular flexibility index (Phi) is 2.88. The van der Waals surface area contributed by atoms with Crippen molar-refractivity contribution in [2.45, 2.75) is 6.92 Å². The second-order valence-electron chi connectivity index (χ2n) is 4.52. The van der Waals surface area contributed by atoms with E-state index in [-0.39, 0.29) is 0 Å². The van der Waals surface area contributed by atoms with Crippen molar-refractivity contribution in [2.24, 2.45) is 4.99 Å². The van der Waals surface area contributed by atoms with Crippen LogP contribution in [0.5, 0.6) is 0 Å². The normalized spacial score (nSPS) is 13.3. The first-order valence-electron chi connectivity index (χ1n) is 6.38. The lowest BCUT2D eigenvalue weighted by Gasteiger charge is -2.06. The molecule has 0 aliphatic heterocycles. The van der Waals surface area contributed by atoms with Crippen LogP contribution >= 0.6 is 0 Å². The van der Waals surface area contributed by atoms with Gasteiger partial charge in [-0.3, -0.25) is 4.99 Å². The van der Waals surface area contributed by atoms with E-state index in [1.54, 1.807) is 0 Å². The Labute approximate surface area is 112 Å². The molecule has 0 amide bonds. The maximum Gasteiger partial charge on any atom is 0.0345 e. The number of benzene rings is 3. The van der Waals surface area contributed by atoms with Crippen LogP contribution in [-0.2, 0) is 0 Å². The molecule has 0 radical (unpaired) electrons. The highest BCUT2D eigenvalue weighted by atomic mass is 14.6.